The second-order valence-electron chi connectivity index (χ2n) is 5.91. The van der Waals surface area contributed by atoms with E-state index < -0.39 is 30.1 Å². The van der Waals surface area contributed by atoms with Crippen LogP contribution in [0.25, 0.3) is 0 Å². The van der Waals surface area contributed by atoms with Gasteiger partial charge in [0.15, 0.2) is 6.61 Å². The number of ether oxygens (including phenoxy) is 1. The minimum Gasteiger partial charge on any atom is -0.482 e. The molecule has 1 heterocycles. The number of aliphatic hydroxyl groups is 1. The monoisotopic (exact) mass is 325 g/mol. The number of hydrogen-bond donors (Lipinski definition) is 3. The van der Waals surface area contributed by atoms with Crippen LogP contribution in [0, 0.1) is 0 Å². The van der Waals surface area contributed by atoms with Gasteiger partial charge in [-0.3, -0.25) is 0 Å². The molecule has 0 saturated heterocycles. The lowest BCUT2D eigenvalue weighted by molar-refractivity contribution is -0.139. The number of hydrogen-bond acceptors (Lipinski definition) is 5. The predicted octanol–water partition coefficient (Wildman–Crippen LogP) is 2.00. The van der Waals surface area contributed by atoms with Crippen molar-refractivity contribution < 1.29 is 19.7 Å². The molecular weight excluding hydrogens is 302 g/mol. The molecule has 6 heteroatoms. The molecule has 0 amide bonds. The summed E-state index contributed by atoms with van der Waals surface area (Å²) in [6, 6.07) is 5.19. The molecule has 1 aromatic rings. The first-order valence-electron chi connectivity index (χ1n) is 7.40. The molecule has 1 aliphatic rings. The number of fused-ring (bicyclic) bond motifs is 1. The molecule has 5 nitrogen and oxygen atoms in total. The summed E-state index contributed by atoms with van der Waals surface area (Å²) in [5.41, 5.74) is 6.25. The maximum absolute atomic E-state index is 10.8. The highest BCUT2D eigenvalue weighted by molar-refractivity contribution is 8.00. The molecule has 122 valence electrons. The minimum absolute atomic E-state index is 0.165. The van der Waals surface area contributed by atoms with E-state index in [1.54, 1.807) is 24.8 Å². The number of nitrogens with two attached hydrogens (primary N) is 1. The lowest BCUT2D eigenvalue weighted by Gasteiger charge is -2.38. The first-order chi connectivity index (χ1) is 10.3. The molecule has 22 heavy (non-hydrogen) atoms. The van der Waals surface area contributed by atoms with E-state index in [0.717, 1.165) is 16.9 Å². The summed E-state index contributed by atoms with van der Waals surface area (Å²) >= 11 is 1.69. The van der Waals surface area contributed by atoms with Crippen molar-refractivity contribution in [2.75, 3.05) is 6.61 Å². The van der Waals surface area contributed by atoms with Crippen LogP contribution in [0.5, 0.6) is 5.75 Å². The van der Waals surface area contributed by atoms with Gasteiger partial charge in [0.25, 0.3) is 0 Å². The number of benzene rings is 1. The fourth-order valence-electron chi connectivity index (χ4n) is 3.23. The summed E-state index contributed by atoms with van der Waals surface area (Å²) in [4.78, 5) is 11.8. The highest BCUT2D eigenvalue weighted by atomic mass is 32.2. The summed E-state index contributed by atoms with van der Waals surface area (Å²) in [6.45, 7) is 5.45. The van der Waals surface area contributed by atoms with Gasteiger partial charge in [-0.1, -0.05) is 19.9 Å². The summed E-state index contributed by atoms with van der Waals surface area (Å²) < 4.78 is 5.46. The third kappa shape index (κ3) is 2.83. The maximum atomic E-state index is 10.8. The van der Waals surface area contributed by atoms with Crippen LogP contribution in [0.4, 0.5) is 0 Å². The summed E-state index contributed by atoms with van der Waals surface area (Å²) in [5.74, 6) is -0.504. The molecule has 0 fully saturated rings. The standard InChI is InChI=1S/C16H23NO4S/c1-4-12-16(3,15(20)9(2)17)14-10(21-8-13(18)19)6-5-7-11(14)22-12/h5-7,9,12,15,20H,4,8,17H2,1-3H3,(H,18,19). The van der Waals surface area contributed by atoms with E-state index in [9.17, 15) is 9.90 Å². The zero-order chi connectivity index (χ0) is 16.5. The van der Waals surface area contributed by atoms with Crippen LogP contribution in [0.1, 0.15) is 32.8 Å². The average molecular weight is 325 g/mol. The Hall–Kier alpha value is -1.24. The molecule has 0 bridgehead atoms. The highest BCUT2D eigenvalue weighted by Gasteiger charge is 2.50. The topological polar surface area (TPSA) is 92.8 Å². The Labute approximate surface area is 134 Å². The fraction of sp³-hybridized carbons (Fsp3) is 0.562. The van der Waals surface area contributed by atoms with Crippen molar-refractivity contribution in [3.8, 4) is 5.75 Å². The van der Waals surface area contributed by atoms with Crippen molar-refractivity contribution in [3.63, 3.8) is 0 Å². The highest BCUT2D eigenvalue weighted by Crippen LogP contribution is 2.55. The van der Waals surface area contributed by atoms with Crippen LogP contribution in [0.15, 0.2) is 23.1 Å². The number of aliphatic carboxylic acids is 1. The Morgan fingerprint density at radius 2 is 2.23 bits per heavy atom. The third-order valence-electron chi connectivity index (χ3n) is 4.30. The van der Waals surface area contributed by atoms with Crippen molar-refractivity contribution in [1.29, 1.82) is 0 Å². The quantitative estimate of drug-likeness (QED) is 0.741. The number of thioether (sulfide) groups is 1. The van der Waals surface area contributed by atoms with Gasteiger partial charge in [-0.25, -0.2) is 4.79 Å². The van der Waals surface area contributed by atoms with E-state index in [1.807, 2.05) is 19.1 Å². The van der Waals surface area contributed by atoms with Crippen LogP contribution in [-0.2, 0) is 10.2 Å². The number of rotatable bonds is 6. The van der Waals surface area contributed by atoms with Gasteiger partial charge in [0, 0.05) is 27.2 Å². The van der Waals surface area contributed by atoms with Crippen LogP contribution < -0.4 is 10.5 Å². The number of carboxylic acid groups (broad SMARTS) is 1. The minimum atomic E-state index is -1.02. The second-order valence-corrected chi connectivity index (χ2v) is 7.16. The van der Waals surface area contributed by atoms with E-state index in [4.69, 9.17) is 15.6 Å². The van der Waals surface area contributed by atoms with E-state index in [0.29, 0.717) is 5.75 Å². The largest absolute Gasteiger partial charge is 0.482 e. The molecule has 0 spiro atoms. The Morgan fingerprint density at radius 3 is 2.77 bits per heavy atom. The van der Waals surface area contributed by atoms with Crippen LogP contribution in [-0.4, -0.2) is 40.2 Å². The normalized spacial score (nSPS) is 26.3. The fourth-order valence-corrected chi connectivity index (χ4v) is 4.80. The Morgan fingerprint density at radius 1 is 1.55 bits per heavy atom. The van der Waals surface area contributed by atoms with Gasteiger partial charge < -0.3 is 20.7 Å². The first-order valence-corrected chi connectivity index (χ1v) is 8.28. The smallest absolute Gasteiger partial charge is 0.341 e. The molecule has 2 rings (SSSR count). The molecular formula is C16H23NO4S. The molecule has 0 aromatic heterocycles. The molecule has 0 saturated carbocycles. The third-order valence-corrected chi connectivity index (χ3v) is 6.00. The van der Waals surface area contributed by atoms with Crippen molar-refractivity contribution in [2.45, 2.75) is 54.9 Å². The number of aliphatic hydroxyl groups excluding tert-OH is 1. The Kier molecular flexibility index (Phi) is 5.04. The van der Waals surface area contributed by atoms with E-state index >= 15 is 0 Å². The van der Waals surface area contributed by atoms with Crippen LogP contribution in [0.2, 0.25) is 0 Å². The van der Waals surface area contributed by atoms with Crippen molar-refractivity contribution >= 4 is 17.7 Å². The van der Waals surface area contributed by atoms with Crippen LogP contribution >= 0.6 is 11.8 Å². The number of carboxylic acids is 1. The molecule has 1 aromatic carbocycles. The molecule has 4 unspecified atom stereocenters. The molecule has 1 aliphatic heterocycles. The Balaban J connectivity index is 2.51. The van der Waals surface area contributed by atoms with Crippen molar-refractivity contribution in [1.82, 2.24) is 0 Å². The Bertz CT molecular complexity index is 559. The zero-order valence-electron chi connectivity index (χ0n) is 13.1. The van der Waals surface area contributed by atoms with E-state index in [1.165, 1.54) is 0 Å². The molecule has 0 aliphatic carbocycles. The zero-order valence-corrected chi connectivity index (χ0v) is 13.9. The van der Waals surface area contributed by atoms with Gasteiger partial charge in [-0.2, -0.15) is 0 Å². The summed E-state index contributed by atoms with van der Waals surface area (Å²) in [7, 11) is 0. The van der Waals surface area contributed by atoms with Gasteiger partial charge in [0.2, 0.25) is 0 Å². The summed E-state index contributed by atoms with van der Waals surface area (Å²) in [6.07, 6.45) is 0.138. The lowest BCUT2D eigenvalue weighted by Crippen LogP contribution is -2.51. The lowest BCUT2D eigenvalue weighted by atomic mass is 9.71. The van der Waals surface area contributed by atoms with Crippen molar-refractivity contribution in [2.24, 2.45) is 5.73 Å². The molecule has 4 N–H and O–H groups in total. The average Bonchev–Trinajstić information content (AvgIpc) is 2.78. The van der Waals surface area contributed by atoms with Gasteiger partial charge in [-0.05, 0) is 25.5 Å². The molecule has 0 radical (unpaired) electrons. The first kappa shape index (κ1) is 17.1. The summed E-state index contributed by atoms with van der Waals surface area (Å²) in [5, 5.41) is 19.7. The van der Waals surface area contributed by atoms with Crippen molar-refractivity contribution in [3.05, 3.63) is 23.8 Å². The van der Waals surface area contributed by atoms with E-state index in [-0.39, 0.29) is 5.25 Å². The van der Waals surface area contributed by atoms with Gasteiger partial charge >= 0.3 is 5.97 Å². The van der Waals surface area contributed by atoms with Gasteiger partial charge in [0.1, 0.15) is 5.75 Å². The maximum Gasteiger partial charge on any atom is 0.341 e. The van der Waals surface area contributed by atoms with Gasteiger partial charge in [-0.15, -0.1) is 11.8 Å². The van der Waals surface area contributed by atoms with Crippen LogP contribution in [0.3, 0.4) is 0 Å². The van der Waals surface area contributed by atoms with Gasteiger partial charge in [0.05, 0.1) is 6.10 Å². The number of carbonyl (C=O) groups is 1. The predicted molar refractivity (Wildman–Crippen MR) is 86.5 cm³/mol. The van der Waals surface area contributed by atoms with E-state index in [2.05, 4.69) is 6.92 Å². The molecule has 4 atom stereocenters. The second kappa shape index (κ2) is 6.48. The SMILES string of the molecule is CCC1Sc2cccc(OCC(=O)O)c2C1(C)C(O)C(C)N.